The molecule has 0 saturated carbocycles. The van der Waals surface area contributed by atoms with E-state index in [1.165, 1.54) is 25.4 Å². The SMILES string of the molecule is CCCN1C(=O)Cc2cc(N(C)S(=O)(=O)N(C)C)ccc21. The normalized spacial score (nSPS) is 14.7. The van der Waals surface area contributed by atoms with Crippen LogP contribution in [0.2, 0.25) is 0 Å². The average molecular weight is 311 g/mol. The highest BCUT2D eigenvalue weighted by Gasteiger charge is 2.28. The Hall–Kier alpha value is -1.60. The summed E-state index contributed by atoms with van der Waals surface area (Å²) in [4.78, 5) is 13.8. The molecule has 1 amide bonds. The molecule has 7 heteroatoms. The molecular formula is C14H21N3O3S. The monoisotopic (exact) mass is 311 g/mol. The number of rotatable bonds is 5. The maximum atomic E-state index is 12.1. The molecule has 0 aliphatic carbocycles. The molecule has 2 rings (SSSR count). The Balaban J connectivity index is 2.36. The molecule has 1 aromatic rings. The van der Waals surface area contributed by atoms with Crippen molar-refractivity contribution in [3.05, 3.63) is 23.8 Å². The van der Waals surface area contributed by atoms with E-state index in [-0.39, 0.29) is 5.91 Å². The van der Waals surface area contributed by atoms with Crippen molar-refractivity contribution in [1.82, 2.24) is 4.31 Å². The van der Waals surface area contributed by atoms with E-state index in [0.29, 0.717) is 18.7 Å². The summed E-state index contributed by atoms with van der Waals surface area (Å²) < 4.78 is 26.7. The molecule has 1 aliphatic rings. The second-order valence-electron chi connectivity index (χ2n) is 5.29. The first-order chi connectivity index (χ1) is 9.78. The second-order valence-corrected chi connectivity index (χ2v) is 7.47. The Morgan fingerprint density at radius 1 is 1.24 bits per heavy atom. The lowest BCUT2D eigenvalue weighted by atomic mass is 10.1. The molecule has 0 unspecified atom stereocenters. The van der Waals surface area contributed by atoms with Gasteiger partial charge in [0.25, 0.3) is 0 Å². The number of hydrogen-bond acceptors (Lipinski definition) is 3. The highest BCUT2D eigenvalue weighted by atomic mass is 32.2. The number of anilines is 2. The fourth-order valence-corrected chi connectivity index (χ4v) is 3.28. The van der Waals surface area contributed by atoms with Crippen LogP contribution in [0.25, 0.3) is 0 Å². The summed E-state index contributed by atoms with van der Waals surface area (Å²) in [5, 5.41) is 0. The molecule has 6 nitrogen and oxygen atoms in total. The lowest BCUT2D eigenvalue weighted by Crippen LogP contribution is -2.37. The molecule has 116 valence electrons. The molecule has 0 radical (unpaired) electrons. The Labute approximate surface area is 126 Å². The van der Waals surface area contributed by atoms with E-state index in [9.17, 15) is 13.2 Å². The maximum Gasteiger partial charge on any atom is 0.303 e. The summed E-state index contributed by atoms with van der Waals surface area (Å²) in [5.74, 6) is 0.0714. The summed E-state index contributed by atoms with van der Waals surface area (Å²) in [6, 6.07) is 5.35. The first kappa shape index (κ1) is 15.8. The number of hydrogen-bond donors (Lipinski definition) is 0. The molecular weight excluding hydrogens is 290 g/mol. The molecule has 1 aromatic carbocycles. The number of nitrogens with zero attached hydrogens (tertiary/aromatic N) is 3. The number of carbonyl (C=O) groups is 1. The van der Waals surface area contributed by atoms with Crippen LogP contribution < -0.4 is 9.21 Å². The average Bonchev–Trinajstić information content (AvgIpc) is 2.73. The molecule has 0 atom stereocenters. The minimum Gasteiger partial charge on any atom is -0.312 e. The topological polar surface area (TPSA) is 60.9 Å². The van der Waals surface area contributed by atoms with Crippen LogP contribution in [0.1, 0.15) is 18.9 Å². The van der Waals surface area contributed by atoms with Crippen LogP contribution in [0.5, 0.6) is 0 Å². The van der Waals surface area contributed by atoms with Crippen LogP contribution in [-0.2, 0) is 21.4 Å². The second kappa shape index (κ2) is 5.65. The lowest BCUT2D eigenvalue weighted by molar-refractivity contribution is -0.117. The van der Waals surface area contributed by atoms with Gasteiger partial charge in [0.2, 0.25) is 5.91 Å². The molecule has 21 heavy (non-hydrogen) atoms. The van der Waals surface area contributed by atoms with Gasteiger partial charge in [-0.3, -0.25) is 9.10 Å². The van der Waals surface area contributed by atoms with E-state index in [2.05, 4.69) is 0 Å². The number of carbonyl (C=O) groups excluding carboxylic acids is 1. The van der Waals surface area contributed by atoms with Gasteiger partial charge in [-0.2, -0.15) is 12.7 Å². The first-order valence-corrected chi connectivity index (χ1v) is 8.28. The van der Waals surface area contributed by atoms with E-state index < -0.39 is 10.2 Å². The highest BCUT2D eigenvalue weighted by molar-refractivity contribution is 7.90. The molecule has 0 spiro atoms. The third kappa shape index (κ3) is 2.75. The quantitative estimate of drug-likeness (QED) is 0.821. The molecule has 1 aliphatic heterocycles. The van der Waals surface area contributed by atoms with Gasteiger partial charge in [0.1, 0.15) is 0 Å². The van der Waals surface area contributed by atoms with Crippen molar-refractivity contribution in [2.45, 2.75) is 19.8 Å². The Kier molecular flexibility index (Phi) is 4.25. The smallest absolute Gasteiger partial charge is 0.303 e. The van der Waals surface area contributed by atoms with Crippen molar-refractivity contribution >= 4 is 27.5 Å². The van der Waals surface area contributed by atoms with Crippen molar-refractivity contribution < 1.29 is 13.2 Å². The molecule has 0 aromatic heterocycles. The van der Waals surface area contributed by atoms with Crippen LogP contribution in [0.4, 0.5) is 11.4 Å². The van der Waals surface area contributed by atoms with Crippen molar-refractivity contribution in [2.24, 2.45) is 0 Å². The van der Waals surface area contributed by atoms with Gasteiger partial charge in [-0.25, -0.2) is 0 Å². The fraction of sp³-hybridized carbons (Fsp3) is 0.500. The van der Waals surface area contributed by atoms with Crippen molar-refractivity contribution in [3.8, 4) is 0 Å². The molecule has 0 saturated heterocycles. The van der Waals surface area contributed by atoms with Crippen LogP contribution in [0, 0.1) is 0 Å². The lowest BCUT2D eigenvalue weighted by Gasteiger charge is -2.24. The number of fused-ring (bicyclic) bond motifs is 1. The number of amides is 1. The molecule has 1 heterocycles. The highest BCUT2D eigenvalue weighted by Crippen LogP contribution is 2.33. The van der Waals surface area contributed by atoms with Gasteiger partial charge in [0.15, 0.2) is 0 Å². The van der Waals surface area contributed by atoms with E-state index in [0.717, 1.165) is 22.0 Å². The molecule has 0 N–H and O–H groups in total. The summed E-state index contributed by atoms with van der Waals surface area (Å²) in [6.45, 7) is 2.72. The summed E-state index contributed by atoms with van der Waals surface area (Å²) in [6.07, 6.45) is 1.22. The summed E-state index contributed by atoms with van der Waals surface area (Å²) >= 11 is 0. The van der Waals surface area contributed by atoms with Gasteiger partial charge in [-0.15, -0.1) is 0 Å². The van der Waals surface area contributed by atoms with Gasteiger partial charge in [0.05, 0.1) is 12.1 Å². The van der Waals surface area contributed by atoms with Gasteiger partial charge < -0.3 is 4.90 Å². The zero-order valence-electron chi connectivity index (χ0n) is 12.8. The predicted octanol–water partition coefficient (Wildman–Crippen LogP) is 1.23. The minimum absolute atomic E-state index is 0.0714. The van der Waals surface area contributed by atoms with Crippen LogP contribution in [0.15, 0.2) is 18.2 Å². The summed E-state index contributed by atoms with van der Waals surface area (Å²) in [5.41, 5.74) is 2.33. The van der Waals surface area contributed by atoms with Crippen LogP contribution >= 0.6 is 0 Å². The zero-order chi connectivity index (χ0) is 15.8. The summed E-state index contributed by atoms with van der Waals surface area (Å²) in [7, 11) is 0.979. The van der Waals surface area contributed by atoms with Crippen LogP contribution in [0.3, 0.4) is 0 Å². The zero-order valence-corrected chi connectivity index (χ0v) is 13.6. The van der Waals surface area contributed by atoms with E-state index >= 15 is 0 Å². The van der Waals surface area contributed by atoms with Crippen molar-refractivity contribution in [3.63, 3.8) is 0 Å². The van der Waals surface area contributed by atoms with Gasteiger partial charge in [-0.1, -0.05) is 6.92 Å². The first-order valence-electron chi connectivity index (χ1n) is 6.88. The van der Waals surface area contributed by atoms with Crippen molar-refractivity contribution in [1.29, 1.82) is 0 Å². The molecule has 0 fully saturated rings. The Morgan fingerprint density at radius 2 is 1.90 bits per heavy atom. The predicted molar refractivity (Wildman–Crippen MR) is 83.8 cm³/mol. The van der Waals surface area contributed by atoms with Gasteiger partial charge >= 0.3 is 10.2 Å². The van der Waals surface area contributed by atoms with Crippen LogP contribution in [-0.4, -0.2) is 46.3 Å². The maximum absolute atomic E-state index is 12.1. The van der Waals surface area contributed by atoms with Crippen molar-refractivity contribution in [2.75, 3.05) is 36.9 Å². The molecule has 0 bridgehead atoms. The van der Waals surface area contributed by atoms with E-state index in [4.69, 9.17) is 0 Å². The standard InChI is InChI=1S/C14H21N3O3S/c1-5-8-17-13-7-6-12(9-11(13)10-14(17)18)16(4)21(19,20)15(2)3/h6-7,9H,5,8,10H2,1-4H3. The Bertz CT molecular complexity index is 655. The third-order valence-corrected chi connectivity index (χ3v) is 5.44. The van der Waals surface area contributed by atoms with Gasteiger partial charge in [0, 0.05) is 33.4 Å². The van der Waals surface area contributed by atoms with Gasteiger partial charge in [-0.05, 0) is 30.2 Å². The largest absolute Gasteiger partial charge is 0.312 e. The van der Waals surface area contributed by atoms with E-state index in [1.807, 2.05) is 13.0 Å². The van der Waals surface area contributed by atoms with E-state index in [1.54, 1.807) is 17.0 Å². The minimum atomic E-state index is -3.52. The fourth-order valence-electron chi connectivity index (χ4n) is 2.41. The third-order valence-electron chi connectivity index (χ3n) is 3.61. The number of benzene rings is 1. The Morgan fingerprint density at radius 3 is 2.48 bits per heavy atom.